The summed E-state index contributed by atoms with van der Waals surface area (Å²) in [5, 5.41) is -0.407. The molecule has 0 heterocycles. The zero-order chi connectivity index (χ0) is 13.2. The Bertz CT molecular complexity index is 524. The fourth-order valence-electron chi connectivity index (χ4n) is 1.75. The van der Waals surface area contributed by atoms with Gasteiger partial charge in [0.15, 0.2) is 0 Å². The molecule has 1 fully saturated rings. The van der Waals surface area contributed by atoms with Gasteiger partial charge in [-0.15, -0.1) is 0 Å². The minimum atomic E-state index is -3.50. The van der Waals surface area contributed by atoms with Gasteiger partial charge in [-0.25, -0.2) is 8.42 Å². The summed E-state index contributed by atoms with van der Waals surface area (Å²) in [6.07, 6.45) is 1.25. The lowest BCUT2D eigenvalue weighted by Gasteiger charge is -2.15. The second-order valence-corrected chi connectivity index (χ2v) is 6.37. The van der Waals surface area contributed by atoms with E-state index in [2.05, 4.69) is 4.72 Å². The van der Waals surface area contributed by atoms with Gasteiger partial charge in [-0.2, -0.15) is 0 Å². The average Bonchev–Trinajstić information content (AvgIpc) is 3.14. The summed E-state index contributed by atoms with van der Waals surface area (Å²) in [5.41, 5.74) is 6.29. The van der Waals surface area contributed by atoms with Crippen LogP contribution in [0.1, 0.15) is 24.3 Å². The fraction of sp³-hybridized carbons (Fsp3) is 0.417. The van der Waals surface area contributed by atoms with Crippen LogP contribution in [-0.2, 0) is 14.8 Å². The molecule has 0 saturated heterocycles. The Hall–Kier alpha value is -1.40. The van der Waals surface area contributed by atoms with Gasteiger partial charge in [-0.1, -0.05) is 30.3 Å². The van der Waals surface area contributed by atoms with E-state index in [0.717, 1.165) is 5.56 Å². The van der Waals surface area contributed by atoms with Crippen LogP contribution in [0.2, 0.25) is 0 Å². The van der Waals surface area contributed by atoms with Gasteiger partial charge >= 0.3 is 0 Å². The van der Waals surface area contributed by atoms with E-state index < -0.39 is 27.1 Å². The molecule has 0 aromatic heterocycles. The normalized spacial score (nSPS) is 17.2. The predicted molar refractivity (Wildman–Crippen MR) is 68.3 cm³/mol. The highest BCUT2D eigenvalue weighted by Crippen LogP contribution is 2.28. The van der Waals surface area contributed by atoms with Crippen molar-refractivity contribution in [1.82, 2.24) is 4.72 Å². The van der Waals surface area contributed by atoms with E-state index in [1.807, 2.05) is 6.07 Å². The lowest BCUT2D eigenvalue weighted by Crippen LogP contribution is -2.39. The van der Waals surface area contributed by atoms with Crippen LogP contribution in [0.5, 0.6) is 0 Å². The first-order valence-electron chi connectivity index (χ1n) is 5.85. The van der Waals surface area contributed by atoms with E-state index in [1.54, 1.807) is 24.3 Å². The zero-order valence-electron chi connectivity index (χ0n) is 9.87. The van der Waals surface area contributed by atoms with Gasteiger partial charge in [-0.3, -0.25) is 9.52 Å². The van der Waals surface area contributed by atoms with E-state index in [9.17, 15) is 13.2 Å². The molecule has 1 aromatic carbocycles. The highest BCUT2D eigenvalue weighted by atomic mass is 32.2. The standard InChI is InChI=1S/C12H16N2O3S/c13-8-11(9-4-2-1-3-5-9)12(15)14-18(16,17)10-6-7-10/h1-5,10-11H,6-8,13H2,(H,14,15). The van der Waals surface area contributed by atoms with Gasteiger partial charge < -0.3 is 5.73 Å². The summed E-state index contributed by atoms with van der Waals surface area (Å²) in [6, 6.07) is 8.94. The number of benzene rings is 1. The maximum atomic E-state index is 12.0. The van der Waals surface area contributed by atoms with Crippen LogP contribution in [0.15, 0.2) is 30.3 Å². The van der Waals surface area contributed by atoms with Gasteiger partial charge in [0.2, 0.25) is 15.9 Å². The van der Waals surface area contributed by atoms with Crippen molar-refractivity contribution in [2.24, 2.45) is 5.73 Å². The summed E-state index contributed by atoms with van der Waals surface area (Å²) in [7, 11) is -3.50. The molecule has 0 spiro atoms. The summed E-state index contributed by atoms with van der Waals surface area (Å²) < 4.78 is 25.5. The second kappa shape index (κ2) is 5.07. The molecule has 1 amide bonds. The summed E-state index contributed by atoms with van der Waals surface area (Å²) >= 11 is 0. The molecule has 0 radical (unpaired) electrons. The second-order valence-electron chi connectivity index (χ2n) is 4.41. The van der Waals surface area contributed by atoms with Gasteiger partial charge in [0.1, 0.15) is 0 Å². The number of rotatable bonds is 5. The number of hydrogen-bond acceptors (Lipinski definition) is 4. The molecule has 3 N–H and O–H groups in total. The lowest BCUT2D eigenvalue weighted by atomic mass is 9.99. The van der Waals surface area contributed by atoms with E-state index >= 15 is 0 Å². The number of sulfonamides is 1. The fourth-order valence-corrected chi connectivity index (χ4v) is 3.10. The van der Waals surface area contributed by atoms with Crippen molar-refractivity contribution in [3.63, 3.8) is 0 Å². The van der Waals surface area contributed by atoms with Crippen molar-refractivity contribution in [1.29, 1.82) is 0 Å². The summed E-state index contributed by atoms with van der Waals surface area (Å²) in [6.45, 7) is 0.0794. The first kappa shape index (κ1) is 13.0. The highest BCUT2D eigenvalue weighted by Gasteiger charge is 2.37. The molecule has 0 bridgehead atoms. The zero-order valence-corrected chi connectivity index (χ0v) is 10.7. The van der Waals surface area contributed by atoms with E-state index in [0.29, 0.717) is 12.8 Å². The molecule has 1 aliphatic carbocycles. The third kappa shape index (κ3) is 2.88. The van der Waals surface area contributed by atoms with Crippen LogP contribution in [0.4, 0.5) is 0 Å². The third-order valence-corrected chi connectivity index (χ3v) is 4.79. The maximum Gasteiger partial charge on any atom is 0.242 e. The Morgan fingerprint density at radius 1 is 1.33 bits per heavy atom. The quantitative estimate of drug-likeness (QED) is 0.805. The van der Waals surface area contributed by atoms with Gasteiger partial charge in [0.25, 0.3) is 0 Å². The van der Waals surface area contributed by atoms with Crippen LogP contribution in [0.25, 0.3) is 0 Å². The molecule has 98 valence electrons. The Morgan fingerprint density at radius 2 is 1.94 bits per heavy atom. The first-order chi connectivity index (χ1) is 8.54. The minimum absolute atomic E-state index is 0.0794. The van der Waals surface area contributed by atoms with Crippen LogP contribution in [0, 0.1) is 0 Å². The van der Waals surface area contributed by atoms with E-state index in [4.69, 9.17) is 5.73 Å². The third-order valence-electron chi connectivity index (χ3n) is 2.96. The smallest absolute Gasteiger partial charge is 0.242 e. The molecule has 1 saturated carbocycles. The average molecular weight is 268 g/mol. The molecule has 1 aliphatic rings. The molecule has 18 heavy (non-hydrogen) atoms. The molecule has 0 aliphatic heterocycles. The van der Waals surface area contributed by atoms with Gasteiger partial charge in [-0.05, 0) is 18.4 Å². The van der Waals surface area contributed by atoms with E-state index in [1.165, 1.54) is 0 Å². The Kier molecular flexibility index (Phi) is 3.68. The summed E-state index contributed by atoms with van der Waals surface area (Å²) in [5.74, 6) is -1.17. The molecule has 5 nitrogen and oxygen atoms in total. The number of nitrogens with one attached hydrogen (secondary N) is 1. The lowest BCUT2D eigenvalue weighted by molar-refractivity contribution is -0.120. The molecule has 1 unspecified atom stereocenters. The number of carbonyl (C=O) groups excluding carboxylic acids is 1. The number of amides is 1. The molecule has 6 heteroatoms. The van der Waals surface area contributed by atoms with Crippen LogP contribution in [0.3, 0.4) is 0 Å². The van der Waals surface area contributed by atoms with Crippen molar-refractivity contribution in [2.75, 3.05) is 6.54 Å². The van der Waals surface area contributed by atoms with Crippen LogP contribution in [-0.4, -0.2) is 26.1 Å². The highest BCUT2D eigenvalue weighted by molar-refractivity contribution is 7.90. The Morgan fingerprint density at radius 3 is 2.44 bits per heavy atom. The van der Waals surface area contributed by atoms with Crippen LogP contribution >= 0.6 is 0 Å². The SMILES string of the molecule is NCC(C(=O)NS(=O)(=O)C1CC1)c1ccccc1. The van der Waals surface area contributed by atoms with Crippen LogP contribution < -0.4 is 10.5 Å². The number of hydrogen-bond donors (Lipinski definition) is 2. The van der Waals surface area contributed by atoms with Gasteiger partial charge in [0.05, 0.1) is 11.2 Å². The summed E-state index contributed by atoms with van der Waals surface area (Å²) in [4.78, 5) is 12.0. The largest absolute Gasteiger partial charge is 0.329 e. The van der Waals surface area contributed by atoms with E-state index in [-0.39, 0.29) is 6.54 Å². The Balaban J connectivity index is 2.11. The molecule has 1 aromatic rings. The van der Waals surface area contributed by atoms with Gasteiger partial charge in [0, 0.05) is 6.54 Å². The van der Waals surface area contributed by atoms with Crippen molar-refractivity contribution >= 4 is 15.9 Å². The molecule has 1 atom stereocenters. The topological polar surface area (TPSA) is 89.3 Å². The van der Waals surface area contributed by atoms with Crippen molar-refractivity contribution in [2.45, 2.75) is 24.0 Å². The molecular weight excluding hydrogens is 252 g/mol. The molecular formula is C12H16N2O3S. The monoisotopic (exact) mass is 268 g/mol. The van der Waals surface area contributed by atoms with Crippen molar-refractivity contribution in [3.05, 3.63) is 35.9 Å². The number of carbonyl (C=O) groups is 1. The first-order valence-corrected chi connectivity index (χ1v) is 7.39. The predicted octanol–water partition coefficient (Wildman–Crippen LogP) is 0.337. The van der Waals surface area contributed by atoms with Crippen molar-refractivity contribution in [3.8, 4) is 0 Å². The molecule has 2 rings (SSSR count). The van der Waals surface area contributed by atoms with Crippen molar-refractivity contribution < 1.29 is 13.2 Å². The minimum Gasteiger partial charge on any atom is -0.329 e. The number of nitrogens with two attached hydrogens (primary N) is 1. The maximum absolute atomic E-state index is 12.0. The Labute approximate surface area is 106 Å².